The molecule has 0 spiro atoms. The van der Waals surface area contributed by atoms with E-state index in [0.717, 1.165) is 5.76 Å². The van der Waals surface area contributed by atoms with Crippen molar-refractivity contribution < 1.29 is 4.52 Å². The molecule has 0 bridgehead atoms. The van der Waals surface area contributed by atoms with Crippen LogP contribution in [0.25, 0.3) is 5.70 Å². The van der Waals surface area contributed by atoms with Gasteiger partial charge in [-0.3, -0.25) is 4.99 Å². The van der Waals surface area contributed by atoms with Crippen LogP contribution in [0.1, 0.15) is 18.4 Å². The monoisotopic (exact) mass is 254 g/mol. The molecule has 0 atom stereocenters. The first-order valence-corrected chi connectivity index (χ1v) is 5.25. The van der Waals surface area contributed by atoms with E-state index in [1.165, 1.54) is 0 Å². The number of hydrogen-bond donors (Lipinski definition) is 0. The van der Waals surface area contributed by atoms with Crippen molar-refractivity contribution in [2.24, 2.45) is 4.99 Å². The molecule has 0 aliphatic heterocycles. The van der Waals surface area contributed by atoms with E-state index in [0.29, 0.717) is 16.7 Å². The van der Waals surface area contributed by atoms with E-state index in [4.69, 9.17) is 4.52 Å². The Bertz CT molecular complexity index is 366. The maximum atomic E-state index is 5.03. The second-order valence-corrected chi connectivity index (χ2v) is 3.11. The van der Waals surface area contributed by atoms with Gasteiger partial charge in [-0.2, -0.15) is 0 Å². The van der Waals surface area contributed by atoms with Gasteiger partial charge in [0.25, 0.3) is 0 Å². The van der Waals surface area contributed by atoms with E-state index in [9.17, 15) is 0 Å². The molecule has 0 aliphatic carbocycles. The van der Waals surface area contributed by atoms with Gasteiger partial charge >= 0.3 is 0 Å². The average Bonchev–Trinajstić information content (AvgIpc) is 2.68. The Morgan fingerprint density at radius 2 is 2.57 bits per heavy atom. The van der Waals surface area contributed by atoms with Gasteiger partial charge in [-0.25, -0.2) is 0 Å². The van der Waals surface area contributed by atoms with Gasteiger partial charge in [0, 0.05) is 6.07 Å². The fraction of sp³-hybridized carbons (Fsp3) is 0.200. The number of alkyl halides is 1. The summed E-state index contributed by atoms with van der Waals surface area (Å²) < 4.78 is 5.03. The summed E-state index contributed by atoms with van der Waals surface area (Å²) in [7, 11) is 0. The van der Waals surface area contributed by atoms with E-state index in [1.54, 1.807) is 0 Å². The molecule has 0 N–H and O–H groups in total. The lowest BCUT2D eigenvalue weighted by Gasteiger charge is -1.90. The van der Waals surface area contributed by atoms with Gasteiger partial charge in [0.1, 0.15) is 11.5 Å². The lowest BCUT2D eigenvalue weighted by molar-refractivity contribution is 0.394. The number of aliphatic imine (C=N–C) groups is 1. The molecule has 74 valence electrons. The first kappa shape index (κ1) is 10.9. The molecule has 0 fully saturated rings. The van der Waals surface area contributed by atoms with Gasteiger partial charge in [0.2, 0.25) is 0 Å². The Balaban J connectivity index is 2.94. The quantitative estimate of drug-likeness (QED) is 0.470. The van der Waals surface area contributed by atoms with Crippen LogP contribution in [0.4, 0.5) is 0 Å². The SMILES string of the molecule is C=N/C(=C\C=C/C)c1cc(CBr)on1. The minimum atomic E-state index is 0.647. The summed E-state index contributed by atoms with van der Waals surface area (Å²) in [5.74, 6) is 0.773. The number of allylic oxidation sites excluding steroid dienone is 3. The van der Waals surface area contributed by atoms with E-state index in [-0.39, 0.29) is 0 Å². The van der Waals surface area contributed by atoms with Gasteiger partial charge in [0.05, 0.1) is 11.0 Å². The van der Waals surface area contributed by atoms with Crippen LogP contribution in [-0.2, 0) is 5.33 Å². The van der Waals surface area contributed by atoms with Crippen LogP contribution >= 0.6 is 15.9 Å². The minimum Gasteiger partial charge on any atom is -0.360 e. The molecule has 0 saturated carbocycles. The lowest BCUT2D eigenvalue weighted by atomic mass is 10.3. The van der Waals surface area contributed by atoms with E-state index < -0.39 is 0 Å². The third kappa shape index (κ3) is 2.67. The molecule has 0 aliphatic rings. The second-order valence-electron chi connectivity index (χ2n) is 2.55. The van der Waals surface area contributed by atoms with E-state index >= 15 is 0 Å². The summed E-state index contributed by atoms with van der Waals surface area (Å²) in [6.07, 6.45) is 5.63. The molecular formula is C10H11BrN2O. The topological polar surface area (TPSA) is 38.4 Å². The number of hydrogen-bond acceptors (Lipinski definition) is 3. The Kier molecular flexibility index (Phi) is 4.32. The van der Waals surface area contributed by atoms with Crippen molar-refractivity contribution in [3.8, 4) is 0 Å². The molecule has 0 radical (unpaired) electrons. The van der Waals surface area contributed by atoms with Crippen molar-refractivity contribution in [2.45, 2.75) is 12.3 Å². The number of nitrogens with zero attached hydrogens (tertiary/aromatic N) is 2. The van der Waals surface area contributed by atoms with Crippen LogP contribution in [0, 0.1) is 0 Å². The van der Waals surface area contributed by atoms with Gasteiger partial charge in [-0.1, -0.05) is 33.2 Å². The normalized spacial score (nSPS) is 12.3. The zero-order chi connectivity index (χ0) is 10.4. The fourth-order valence-corrected chi connectivity index (χ4v) is 1.17. The highest BCUT2D eigenvalue weighted by molar-refractivity contribution is 9.08. The molecule has 0 amide bonds. The molecule has 1 heterocycles. The highest BCUT2D eigenvalue weighted by Gasteiger charge is 2.05. The van der Waals surface area contributed by atoms with Crippen molar-refractivity contribution >= 4 is 28.3 Å². The Morgan fingerprint density at radius 3 is 3.07 bits per heavy atom. The van der Waals surface area contributed by atoms with Crippen LogP contribution in [0.2, 0.25) is 0 Å². The summed E-state index contributed by atoms with van der Waals surface area (Å²) in [6, 6.07) is 1.83. The first-order valence-electron chi connectivity index (χ1n) is 4.13. The van der Waals surface area contributed by atoms with Crippen molar-refractivity contribution in [3.63, 3.8) is 0 Å². The third-order valence-electron chi connectivity index (χ3n) is 1.57. The summed E-state index contributed by atoms with van der Waals surface area (Å²) in [6.45, 7) is 5.41. The highest BCUT2D eigenvalue weighted by Crippen LogP contribution is 2.16. The van der Waals surface area contributed by atoms with Crippen molar-refractivity contribution in [3.05, 3.63) is 35.7 Å². The van der Waals surface area contributed by atoms with E-state index in [2.05, 4.69) is 32.8 Å². The number of rotatable bonds is 4. The lowest BCUT2D eigenvalue weighted by Crippen LogP contribution is -1.78. The van der Waals surface area contributed by atoms with Crippen molar-refractivity contribution in [2.75, 3.05) is 0 Å². The molecule has 1 aromatic heterocycles. The zero-order valence-corrected chi connectivity index (χ0v) is 9.49. The molecule has 0 aromatic carbocycles. The van der Waals surface area contributed by atoms with Gasteiger partial charge in [-0.05, 0) is 19.7 Å². The molecule has 1 aromatic rings. The zero-order valence-electron chi connectivity index (χ0n) is 7.90. The second kappa shape index (κ2) is 5.54. The van der Waals surface area contributed by atoms with Crippen molar-refractivity contribution in [1.29, 1.82) is 0 Å². The molecule has 1 rings (SSSR count). The first-order chi connectivity index (χ1) is 6.81. The summed E-state index contributed by atoms with van der Waals surface area (Å²) in [5.41, 5.74) is 1.41. The van der Waals surface area contributed by atoms with Gasteiger partial charge in [-0.15, -0.1) is 0 Å². The molecule has 3 nitrogen and oxygen atoms in total. The highest BCUT2D eigenvalue weighted by atomic mass is 79.9. The van der Waals surface area contributed by atoms with Crippen LogP contribution < -0.4 is 0 Å². The number of halogens is 1. The molecule has 0 saturated heterocycles. The van der Waals surface area contributed by atoms with E-state index in [1.807, 2.05) is 31.2 Å². The Morgan fingerprint density at radius 1 is 1.79 bits per heavy atom. The fourth-order valence-electron chi connectivity index (χ4n) is 0.903. The van der Waals surface area contributed by atoms with Crippen LogP contribution in [0.3, 0.4) is 0 Å². The third-order valence-corrected chi connectivity index (χ3v) is 2.12. The smallest absolute Gasteiger partial charge is 0.147 e. The van der Waals surface area contributed by atoms with Crippen LogP contribution in [0.5, 0.6) is 0 Å². The standard InChI is InChI=1S/C10H11BrN2O/c1-3-4-5-9(12-2)10-6-8(7-11)14-13-10/h3-6H,2,7H2,1H3/b4-3-,9-5-. The van der Waals surface area contributed by atoms with Crippen molar-refractivity contribution in [1.82, 2.24) is 5.16 Å². The minimum absolute atomic E-state index is 0.647. The van der Waals surface area contributed by atoms with Crippen LogP contribution in [0.15, 0.2) is 33.8 Å². The predicted molar refractivity (Wildman–Crippen MR) is 61.5 cm³/mol. The Hall–Kier alpha value is -1.16. The van der Waals surface area contributed by atoms with Crippen LogP contribution in [-0.4, -0.2) is 11.9 Å². The molecule has 4 heteroatoms. The molecular weight excluding hydrogens is 244 g/mol. The maximum Gasteiger partial charge on any atom is 0.147 e. The molecule has 14 heavy (non-hydrogen) atoms. The number of aromatic nitrogens is 1. The summed E-state index contributed by atoms with van der Waals surface area (Å²) in [4.78, 5) is 3.87. The maximum absolute atomic E-state index is 5.03. The Labute approximate surface area is 91.3 Å². The predicted octanol–water partition coefficient (Wildman–Crippen LogP) is 3.19. The summed E-state index contributed by atoms with van der Waals surface area (Å²) >= 11 is 3.28. The van der Waals surface area contributed by atoms with Gasteiger partial charge < -0.3 is 4.52 Å². The molecule has 0 unspecified atom stereocenters. The average molecular weight is 255 g/mol. The van der Waals surface area contributed by atoms with Gasteiger partial charge in [0.15, 0.2) is 0 Å². The summed E-state index contributed by atoms with van der Waals surface area (Å²) in [5, 5.41) is 4.52. The largest absolute Gasteiger partial charge is 0.360 e.